The lowest BCUT2D eigenvalue weighted by atomic mass is 10.2. The first kappa shape index (κ1) is 17.3. The molecule has 1 unspecified atom stereocenters. The van der Waals surface area contributed by atoms with Gasteiger partial charge in [-0.3, -0.25) is 9.80 Å². The van der Waals surface area contributed by atoms with Crippen LogP contribution in [0, 0.1) is 0 Å². The largest absolute Gasteiger partial charge is 0.493 e. The highest BCUT2D eigenvalue weighted by Gasteiger charge is 2.28. The number of piperazine rings is 1. The van der Waals surface area contributed by atoms with Crippen molar-refractivity contribution in [2.24, 2.45) is 0 Å². The smallest absolute Gasteiger partial charge is 0.161 e. The summed E-state index contributed by atoms with van der Waals surface area (Å²) in [5.41, 5.74) is 1.28. The van der Waals surface area contributed by atoms with Gasteiger partial charge in [0.05, 0.1) is 7.11 Å². The Morgan fingerprint density at radius 2 is 2.08 bits per heavy atom. The molecule has 0 aliphatic carbocycles. The number of nitrogens with one attached hydrogen (secondary N) is 1. The van der Waals surface area contributed by atoms with Gasteiger partial charge in [0.1, 0.15) is 6.61 Å². The number of hydrogen-bond acceptors (Lipinski definition) is 5. The predicted octanol–water partition coefficient (Wildman–Crippen LogP) is 1.74. The number of likely N-dealkylation sites (tertiary alicyclic amines) is 1. The van der Waals surface area contributed by atoms with E-state index in [1.54, 1.807) is 13.2 Å². The minimum atomic E-state index is 0.494. The third-order valence-corrected chi connectivity index (χ3v) is 4.91. The molecule has 1 aromatic rings. The Morgan fingerprint density at radius 3 is 2.83 bits per heavy atom. The minimum Gasteiger partial charge on any atom is -0.493 e. The second-order valence-electron chi connectivity index (χ2n) is 6.55. The number of ether oxygens (including phenoxy) is 2. The lowest BCUT2D eigenvalue weighted by Crippen LogP contribution is -2.49. The van der Waals surface area contributed by atoms with Crippen LogP contribution in [0.5, 0.6) is 11.5 Å². The second kappa shape index (κ2) is 8.51. The Balaban J connectivity index is 1.56. The van der Waals surface area contributed by atoms with Crippen LogP contribution in [0.3, 0.4) is 0 Å². The first-order valence-corrected chi connectivity index (χ1v) is 8.88. The molecule has 2 fully saturated rings. The molecule has 0 radical (unpaired) electrons. The Hall–Kier alpha value is -1.56. The standard InChI is InChI=1S/C19H29N3O2/c1-3-12-24-18-5-4-16(13-19(18)23-2)14-21-9-6-17(15-21)22-10-7-20-8-11-22/h3-5,13,17,20H,1,6-12,14-15H2,2H3. The molecule has 1 aromatic carbocycles. The van der Waals surface area contributed by atoms with Gasteiger partial charge in [0.2, 0.25) is 0 Å². The quantitative estimate of drug-likeness (QED) is 0.770. The van der Waals surface area contributed by atoms with Crippen LogP contribution in [0.4, 0.5) is 0 Å². The number of rotatable bonds is 7. The molecule has 1 atom stereocenters. The zero-order valence-corrected chi connectivity index (χ0v) is 14.7. The average Bonchev–Trinajstić information content (AvgIpc) is 3.09. The van der Waals surface area contributed by atoms with E-state index in [0.29, 0.717) is 12.6 Å². The molecule has 5 nitrogen and oxygen atoms in total. The van der Waals surface area contributed by atoms with Gasteiger partial charge in [0.25, 0.3) is 0 Å². The fourth-order valence-electron chi connectivity index (χ4n) is 3.64. The zero-order valence-electron chi connectivity index (χ0n) is 14.7. The van der Waals surface area contributed by atoms with E-state index in [-0.39, 0.29) is 0 Å². The van der Waals surface area contributed by atoms with Gasteiger partial charge < -0.3 is 14.8 Å². The fourth-order valence-corrected chi connectivity index (χ4v) is 3.64. The molecule has 3 rings (SSSR count). The Morgan fingerprint density at radius 1 is 1.25 bits per heavy atom. The lowest BCUT2D eigenvalue weighted by Gasteiger charge is -2.32. The molecule has 0 aromatic heterocycles. The predicted molar refractivity (Wildman–Crippen MR) is 96.8 cm³/mol. The average molecular weight is 331 g/mol. The summed E-state index contributed by atoms with van der Waals surface area (Å²) in [6, 6.07) is 6.95. The van der Waals surface area contributed by atoms with Crippen molar-refractivity contribution in [2.45, 2.75) is 19.0 Å². The summed E-state index contributed by atoms with van der Waals surface area (Å²) >= 11 is 0. The van der Waals surface area contributed by atoms with E-state index < -0.39 is 0 Å². The van der Waals surface area contributed by atoms with Crippen molar-refractivity contribution in [3.8, 4) is 11.5 Å². The SMILES string of the molecule is C=CCOc1ccc(CN2CCC(N3CCNCC3)C2)cc1OC. The van der Waals surface area contributed by atoms with Gasteiger partial charge in [-0.1, -0.05) is 18.7 Å². The van der Waals surface area contributed by atoms with E-state index in [0.717, 1.165) is 37.7 Å². The van der Waals surface area contributed by atoms with Crippen LogP contribution in [0.25, 0.3) is 0 Å². The maximum absolute atomic E-state index is 5.63. The van der Waals surface area contributed by atoms with Crippen molar-refractivity contribution in [1.29, 1.82) is 0 Å². The monoisotopic (exact) mass is 331 g/mol. The van der Waals surface area contributed by atoms with Crippen LogP contribution in [0.1, 0.15) is 12.0 Å². The van der Waals surface area contributed by atoms with Gasteiger partial charge in [-0.2, -0.15) is 0 Å². The Kier molecular flexibility index (Phi) is 6.12. The number of methoxy groups -OCH3 is 1. The van der Waals surface area contributed by atoms with E-state index in [4.69, 9.17) is 9.47 Å². The van der Waals surface area contributed by atoms with Crippen molar-refractivity contribution in [3.05, 3.63) is 36.4 Å². The summed E-state index contributed by atoms with van der Waals surface area (Å²) in [6.45, 7) is 12.1. The Labute approximate surface area is 145 Å². The molecule has 2 aliphatic rings. The Bertz CT molecular complexity index is 543. The molecule has 2 aliphatic heterocycles. The summed E-state index contributed by atoms with van der Waals surface area (Å²) in [6.07, 6.45) is 3.02. The minimum absolute atomic E-state index is 0.494. The summed E-state index contributed by atoms with van der Waals surface area (Å²) in [4.78, 5) is 5.19. The van der Waals surface area contributed by atoms with Crippen LogP contribution in [0.2, 0.25) is 0 Å². The lowest BCUT2D eigenvalue weighted by molar-refractivity contribution is 0.170. The number of hydrogen-bond donors (Lipinski definition) is 1. The molecular weight excluding hydrogens is 302 g/mol. The van der Waals surface area contributed by atoms with Crippen LogP contribution >= 0.6 is 0 Å². The van der Waals surface area contributed by atoms with Gasteiger partial charge in [-0.05, 0) is 24.1 Å². The van der Waals surface area contributed by atoms with E-state index in [2.05, 4.69) is 33.8 Å². The molecule has 0 saturated carbocycles. The molecule has 5 heteroatoms. The molecule has 24 heavy (non-hydrogen) atoms. The summed E-state index contributed by atoms with van der Waals surface area (Å²) in [5.74, 6) is 1.58. The molecular formula is C19H29N3O2. The first-order valence-electron chi connectivity index (χ1n) is 8.88. The van der Waals surface area contributed by atoms with Gasteiger partial charge in [0.15, 0.2) is 11.5 Å². The number of nitrogens with zero attached hydrogens (tertiary/aromatic N) is 2. The van der Waals surface area contributed by atoms with Crippen molar-refractivity contribution in [1.82, 2.24) is 15.1 Å². The van der Waals surface area contributed by atoms with Crippen molar-refractivity contribution >= 4 is 0 Å². The van der Waals surface area contributed by atoms with Crippen molar-refractivity contribution in [3.63, 3.8) is 0 Å². The van der Waals surface area contributed by atoms with Crippen LogP contribution in [-0.2, 0) is 6.54 Å². The molecule has 2 saturated heterocycles. The molecule has 2 heterocycles. The molecule has 132 valence electrons. The highest BCUT2D eigenvalue weighted by molar-refractivity contribution is 5.43. The summed E-state index contributed by atoms with van der Waals surface area (Å²) in [5, 5.41) is 3.43. The van der Waals surface area contributed by atoms with E-state index in [1.807, 2.05) is 6.07 Å². The maximum atomic E-state index is 5.63. The van der Waals surface area contributed by atoms with Crippen molar-refractivity contribution in [2.75, 3.05) is 53.0 Å². The van der Waals surface area contributed by atoms with Crippen LogP contribution in [0.15, 0.2) is 30.9 Å². The highest BCUT2D eigenvalue weighted by Crippen LogP contribution is 2.29. The molecule has 1 N–H and O–H groups in total. The zero-order chi connectivity index (χ0) is 16.8. The van der Waals surface area contributed by atoms with Gasteiger partial charge in [-0.25, -0.2) is 0 Å². The van der Waals surface area contributed by atoms with Crippen LogP contribution < -0.4 is 14.8 Å². The molecule has 0 bridgehead atoms. The highest BCUT2D eigenvalue weighted by atomic mass is 16.5. The number of benzene rings is 1. The molecule has 0 spiro atoms. The first-order chi connectivity index (χ1) is 11.8. The second-order valence-corrected chi connectivity index (χ2v) is 6.55. The van der Waals surface area contributed by atoms with E-state index in [1.165, 1.54) is 31.6 Å². The summed E-state index contributed by atoms with van der Waals surface area (Å²) in [7, 11) is 1.69. The van der Waals surface area contributed by atoms with Gasteiger partial charge in [0, 0.05) is 51.9 Å². The van der Waals surface area contributed by atoms with E-state index >= 15 is 0 Å². The van der Waals surface area contributed by atoms with Gasteiger partial charge in [-0.15, -0.1) is 0 Å². The van der Waals surface area contributed by atoms with Crippen LogP contribution in [-0.4, -0.2) is 68.8 Å². The van der Waals surface area contributed by atoms with Gasteiger partial charge >= 0.3 is 0 Å². The fraction of sp³-hybridized carbons (Fsp3) is 0.579. The molecule has 0 amide bonds. The van der Waals surface area contributed by atoms with E-state index in [9.17, 15) is 0 Å². The summed E-state index contributed by atoms with van der Waals surface area (Å²) < 4.78 is 11.1. The third-order valence-electron chi connectivity index (χ3n) is 4.91. The maximum Gasteiger partial charge on any atom is 0.161 e. The van der Waals surface area contributed by atoms with Crippen molar-refractivity contribution < 1.29 is 9.47 Å². The normalized spacial score (nSPS) is 22.5. The topological polar surface area (TPSA) is 37.0 Å². The third kappa shape index (κ3) is 4.29.